The SMILES string of the molecule is C[C@@H](c1ccccc1)N(C)C(=O)c1ccc(-n2cncn2)c([N+](=O)[O-])c1. The van der Waals surface area contributed by atoms with Gasteiger partial charge in [-0.05, 0) is 24.6 Å². The Morgan fingerprint density at radius 3 is 2.58 bits per heavy atom. The number of aromatic nitrogens is 3. The molecule has 0 fully saturated rings. The second kappa shape index (κ2) is 7.14. The summed E-state index contributed by atoms with van der Waals surface area (Å²) in [4.78, 5) is 29.1. The summed E-state index contributed by atoms with van der Waals surface area (Å²) < 4.78 is 1.29. The molecule has 1 amide bonds. The van der Waals surface area contributed by atoms with E-state index in [0.29, 0.717) is 0 Å². The molecule has 1 heterocycles. The summed E-state index contributed by atoms with van der Waals surface area (Å²) in [6, 6.07) is 13.7. The molecule has 1 aromatic heterocycles. The van der Waals surface area contributed by atoms with E-state index in [1.165, 1.54) is 29.5 Å². The number of nitrogens with zero attached hydrogens (tertiary/aromatic N) is 5. The molecule has 0 aliphatic rings. The molecule has 0 aliphatic carbocycles. The summed E-state index contributed by atoms with van der Waals surface area (Å²) in [5, 5.41) is 15.3. The average Bonchev–Trinajstić information content (AvgIpc) is 3.21. The lowest BCUT2D eigenvalue weighted by molar-refractivity contribution is -0.384. The molecule has 0 saturated heterocycles. The van der Waals surface area contributed by atoms with Crippen LogP contribution in [0.25, 0.3) is 5.69 Å². The molecular weight excluding hydrogens is 334 g/mol. The predicted octanol–water partition coefficient (Wildman–Crippen LogP) is 3.01. The zero-order chi connectivity index (χ0) is 18.7. The first-order valence-electron chi connectivity index (χ1n) is 7.94. The molecule has 1 atom stereocenters. The maximum atomic E-state index is 12.8. The van der Waals surface area contributed by atoms with Crippen LogP contribution >= 0.6 is 0 Å². The van der Waals surface area contributed by atoms with Gasteiger partial charge in [0.2, 0.25) is 0 Å². The van der Waals surface area contributed by atoms with Crippen LogP contribution in [-0.4, -0.2) is 37.5 Å². The maximum absolute atomic E-state index is 12.8. The first kappa shape index (κ1) is 17.3. The Balaban J connectivity index is 1.92. The van der Waals surface area contributed by atoms with Gasteiger partial charge in [-0.25, -0.2) is 9.67 Å². The van der Waals surface area contributed by atoms with E-state index >= 15 is 0 Å². The highest BCUT2D eigenvalue weighted by molar-refractivity contribution is 5.95. The molecule has 0 N–H and O–H groups in total. The number of rotatable bonds is 5. The minimum Gasteiger partial charge on any atom is -0.335 e. The van der Waals surface area contributed by atoms with Gasteiger partial charge in [0.1, 0.15) is 18.3 Å². The lowest BCUT2D eigenvalue weighted by atomic mass is 10.1. The number of nitro groups is 1. The van der Waals surface area contributed by atoms with Crippen molar-refractivity contribution < 1.29 is 9.72 Å². The third-order valence-electron chi connectivity index (χ3n) is 4.27. The fraction of sp³-hybridized carbons (Fsp3) is 0.167. The Kier molecular flexibility index (Phi) is 4.74. The van der Waals surface area contributed by atoms with Crippen LogP contribution in [0.4, 0.5) is 5.69 Å². The van der Waals surface area contributed by atoms with Crippen LogP contribution in [-0.2, 0) is 0 Å². The van der Waals surface area contributed by atoms with E-state index < -0.39 is 4.92 Å². The van der Waals surface area contributed by atoms with Crippen molar-refractivity contribution in [2.24, 2.45) is 0 Å². The van der Waals surface area contributed by atoms with Crippen molar-refractivity contribution in [3.63, 3.8) is 0 Å². The van der Waals surface area contributed by atoms with Crippen molar-refractivity contribution in [3.8, 4) is 5.69 Å². The molecule has 0 unspecified atom stereocenters. The zero-order valence-corrected chi connectivity index (χ0v) is 14.3. The summed E-state index contributed by atoms with van der Waals surface area (Å²) in [6.07, 6.45) is 2.66. The third kappa shape index (κ3) is 3.30. The Labute approximate surface area is 149 Å². The molecule has 0 saturated carbocycles. The monoisotopic (exact) mass is 351 g/mol. The molecule has 0 spiro atoms. The van der Waals surface area contributed by atoms with Gasteiger partial charge >= 0.3 is 0 Å². The van der Waals surface area contributed by atoms with Crippen LogP contribution in [0.3, 0.4) is 0 Å². The minimum absolute atomic E-state index is 0.169. The van der Waals surface area contributed by atoms with Crippen LogP contribution in [0.5, 0.6) is 0 Å². The number of hydrogen-bond donors (Lipinski definition) is 0. The van der Waals surface area contributed by atoms with Crippen molar-refractivity contribution in [3.05, 3.63) is 82.4 Å². The van der Waals surface area contributed by atoms with Gasteiger partial charge in [-0.2, -0.15) is 5.10 Å². The molecule has 0 bridgehead atoms. The Bertz CT molecular complexity index is 925. The molecule has 132 valence electrons. The highest BCUT2D eigenvalue weighted by Crippen LogP contribution is 2.26. The lowest BCUT2D eigenvalue weighted by Crippen LogP contribution is -2.29. The van der Waals surface area contributed by atoms with Crippen molar-refractivity contribution in [1.82, 2.24) is 19.7 Å². The smallest absolute Gasteiger partial charge is 0.295 e. The van der Waals surface area contributed by atoms with E-state index in [1.54, 1.807) is 18.0 Å². The largest absolute Gasteiger partial charge is 0.335 e. The molecule has 8 heteroatoms. The number of benzene rings is 2. The van der Waals surface area contributed by atoms with Gasteiger partial charge in [0.15, 0.2) is 0 Å². The summed E-state index contributed by atoms with van der Waals surface area (Å²) in [7, 11) is 1.68. The first-order valence-corrected chi connectivity index (χ1v) is 7.94. The highest BCUT2D eigenvalue weighted by atomic mass is 16.6. The number of hydrogen-bond acceptors (Lipinski definition) is 5. The normalized spacial score (nSPS) is 11.8. The number of amides is 1. The zero-order valence-electron chi connectivity index (χ0n) is 14.3. The van der Waals surface area contributed by atoms with Gasteiger partial charge in [0, 0.05) is 18.7 Å². The lowest BCUT2D eigenvalue weighted by Gasteiger charge is -2.25. The molecule has 0 aliphatic heterocycles. The molecule has 3 rings (SSSR count). The van der Waals surface area contributed by atoms with Crippen LogP contribution in [0.15, 0.2) is 61.2 Å². The van der Waals surface area contributed by atoms with Gasteiger partial charge in [0.05, 0.1) is 11.0 Å². The van der Waals surface area contributed by atoms with Gasteiger partial charge in [-0.15, -0.1) is 0 Å². The number of nitro benzene ring substituents is 1. The van der Waals surface area contributed by atoms with Crippen molar-refractivity contribution >= 4 is 11.6 Å². The van der Waals surface area contributed by atoms with E-state index in [9.17, 15) is 14.9 Å². The van der Waals surface area contributed by atoms with Gasteiger partial charge in [-0.3, -0.25) is 14.9 Å². The third-order valence-corrected chi connectivity index (χ3v) is 4.27. The number of carbonyl (C=O) groups excluding carboxylic acids is 1. The van der Waals surface area contributed by atoms with E-state index in [1.807, 2.05) is 37.3 Å². The van der Waals surface area contributed by atoms with Crippen LogP contribution < -0.4 is 0 Å². The molecule has 2 aromatic carbocycles. The van der Waals surface area contributed by atoms with E-state index in [4.69, 9.17) is 0 Å². The summed E-state index contributed by atoms with van der Waals surface area (Å²) in [6.45, 7) is 1.91. The second-order valence-electron chi connectivity index (χ2n) is 5.80. The Hall–Kier alpha value is -3.55. The Morgan fingerprint density at radius 2 is 1.96 bits per heavy atom. The van der Waals surface area contributed by atoms with Crippen LogP contribution in [0.1, 0.15) is 28.9 Å². The van der Waals surface area contributed by atoms with Crippen molar-refractivity contribution in [2.45, 2.75) is 13.0 Å². The summed E-state index contributed by atoms with van der Waals surface area (Å²) in [5.74, 6) is -0.297. The summed E-state index contributed by atoms with van der Waals surface area (Å²) >= 11 is 0. The second-order valence-corrected chi connectivity index (χ2v) is 5.80. The van der Waals surface area contributed by atoms with E-state index in [0.717, 1.165) is 5.56 Å². The minimum atomic E-state index is -0.533. The van der Waals surface area contributed by atoms with E-state index in [-0.39, 0.29) is 28.9 Å². The summed E-state index contributed by atoms with van der Waals surface area (Å²) in [5.41, 5.74) is 1.27. The molecule has 26 heavy (non-hydrogen) atoms. The number of carbonyl (C=O) groups is 1. The predicted molar refractivity (Wildman–Crippen MR) is 95.0 cm³/mol. The van der Waals surface area contributed by atoms with E-state index in [2.05, 4.69) is 10.1 Å². The highest BCUT2D eigenvalue weighted by Gasteiger charge is 2.23. The molecular formula is C18H17N5O3. The molecule has 3 aromatic rings. The maximum Gasteiger partial charge on any atom is 0.295 e. The fourth-order valence-electron chi connectivity index (χ4n) is 2.66. The van der Waals surface area contributed by atoms with Crippen LogP contribution in [0.2, 0.25) is 0 Å². The standard InChI is InChI=1S/C18H17N5O3/c1-13(14-6-4-3-5-7-14)21(2)18(24)15-8-9-16(17(10-15)23(25)26)22-12-19-11-20-22/h3-13H,1-2H3/t13-/m0/s1. The van der Waals surface area contributed by atoms with Crippen LogP contribution in [0, 0.1) is 10.1 Å². The van der Waals surface area contributed by atoms with Crippen molar-refractivity contribution in [2.75, 3.05) is 7.05 Å². The Morgan fingerprint density at radius 1 is 1.23 bits per heavy atom. The van der Waals surface area contributed by atoms with Gasteiger partial charge < -0.3 is 4.90 Å². The average molecular weight is 351 g/mol. The van der Waals surface area contributed by atoms with Crippen molar-refractivity contribution in [1.29, 1.82) is 0 Å². The molecule has 8 nitrogen and oxygen atoms in total. The quantitative estimate of drug-likeness (QED) is 0.520. The first-order chi connectivity index (χ1) is 12.5. The van der Waals surface area contributed by atoms with Gasteiger partial charge in [-0.1, -0.05) is 30.3 Å². The van der Waals surface area contributed by atoms with Gasteiger partial charge in [0.25, 0.3) is 11.6 Å². The fourth-order valence-corrected chi connectivity index (χ4v) is 2.66. The molecule has 0 radical (unpaired) electrons. The topological polar surface area (TPSA) is 94.2 Å².